The number of rotatable bonds is 4. The predicted octanol–water partition coefficient (Wildman–Crippen LogP) is 1.99. The molecule has 2 heterocycles. The number of hydrazine groups is 1. The first-order valence-corrected chi connectivity index (χ1v) is 7.95. The van der Waals surface area contributed by atoms with Crippen LogP contribution in [0.4, 0.5) is 0 Å². The molecule has 112 valence electrons. The summed E-state index contributed by atoms with van der Waals surface area (Å²) in [5.74, 6) is 5.96. The molecule has 0 bridgehead atoms. The normalized spacial score (nSPS) is 24.4. The fourth-order valence-corrected chi connectivity index (χ4v) is 4.45. The number of nitrogens with one attached hydrogen (secondary N) is 1. The molecule has 1 aromatic heterocycles. The van der Waals surface area contributed by atoms with Crippen LogP contribution in [-0.4, -0.2) is 33.3 Å². The lowest BCUT2D eigenvalue weighted by atomic mass is 9.84. The summed E-state index contributed by atoms with van der Waals surface area (Å²) in [6, 6.07) is 0.0445. The third-order valence-electron chi connectivity index (χ3n) is 5.12. The Balaban J connectivity index is 2.00. The van der Waals surface area contributed by atoms with Crippen LogP contribution in [0.1, 0.15) is 50.3 Å². The van der Waals surface area contributed by atoms with Crippen LogP contribution < -0.4 is 11.3 Å². The highest BCUT2D eigenvalue weighted by molar-refractivity contribution is 6.31. The molecule has 3 N–H and O–H groups in total. The smallest absolute Gasteiger partial charge is 0.0835 e. The zero-order chi connectivity index (χ0) is 14.2. The van der Waals surface area contributed by atoms with Crippen molar-refractivity contribution in [2.45, 2.75) is 50.1 Å². The number of nitrogens with zero attached hydrogens (tertiary/aromatic N) is 3. The Kier molecular flexibility index (Phi) is 4.04. The quantitative estimate of drug-likeness (QED) is 0.659. The maximum Gasteiger partial charge on any atom is 0.0835 e. The van der Waals surface area contributed by atoms with E-state index in [0.717, 1.165) is 5.69 Å². The lowest BCUT2D eigenvalue weighted by Crippen LogP contribution is -2.56. The molecule has 0 aromatic carbocycles. The molecule has 6 heteroatoms. The van der Waals surface area contributed by atoms with Crippen LogP contribution >= 0.6 is 11.6 Å². The first kappa shape index (κ1) is 14.3. The molecular weight excluding hydrogens is 274 g/mol. The molecule has 1 aromatic rings. The van der Waals surface area contributed by atoms with Crippen molar-refractivity contribution in [1.82, 2.24) is 20.1 Å². The molecule has 2 fully saturated rings. The van der Waals surface area contributed by atoms with Crippen molar-refractivity contribution in [3.05, 3.63) is 16.9 Å². The van der Waals surface area contributed by atoms with Crippen molar-refractivity contribution in [3.8, 4) is 0 Å². The highest BCUT2D eigenvalue weighted by Gasteiger charge is 2.48. The second-order valence-electron chi connectivity index (χ2n) is 6.11. The van der Waals surface area contributed by atoms with Crippen molar-refractivity contribution >= 4 is 11.6 Å². The molecule has 5 nitrogen and oxygen atoms in total. The summed E-state index contributed by atoms with van der Waals surface area (Å²) in [6.07, 6.45) is 9.20. The van der Waals surface area contributed by atoms with Gasteiger partial charge in [0, 0.05) is 12.6 Å². The van der Waals surface area contributed by atoms with E-state index in [4.69, 9.17) is 17.4 Å². The minimum Gasteiger partial charge on any atom is -0.296 e. The molecule has 3 rings (SSSR count). The summed E-state index contributed by atoms with van der Waals surface area (Å²) in [6.45, 7) is 2.35. The Morgan fingerprint density at radius 1 is 1.30 bits per heavy atom. The van der Waals surface area contributed by atoms with Crippen LogP contribution in [0.2, 0.25) is 5.02 Å². The Hall–Kier alpha value is -0.620. The van der Waals surface area contributed by atoms with Gasteiger partial charge in [0.1, 0.15) is 0 Å². The van der Waals surface area contributed by atoms with E-state index in [1.807, 2.05) is 11.7 Å². The molecule has 1 aliphatic carbocycles. The summed E-state index contributed by atoms with van der Waals surface area (Å²) in [5.41, 5.74) is 4.18. The van der Waals surface area contributed by atoms with Crippen molar-refractivity contribution in [2.24, 2.45) is 12.9 Å². The standard InChI is InChI=1S/C14H24ClN5/c1-19-12(11(15)10-17-19)13(18-16)14(6-2-3-7-14)20-8-4-5-9-20/h10,13,18H,2-9,16H2,1H3. The van der Waals surface area contributed by atoms with Crippen molar-refractivity contribution in [2.75, 3.05) is 13.1 Å². The number of nitrogens with two attached hydrogens (primary N) is 1. The van der Waals surface area contributed by atoms with Gasteiger partial charge in [0.2, 0.25) is 0 Å². The van der Waals surface area contributed by atoms with Gasteiger partial charge in [-0.05, 0) is 38.8 Å². The minimum absolute atomic E-state index is 0.0445. The number of likely N-dealkylation sites (tertiary alicyclic amines) is 1. The third kappa shape index (κ3) is 2.17. The van der Waals surface area contributed by atoms with Gasteiger partial charge in [0.25, 0.3) is 0 Å². The van der Waals surface area contributed by atoms with E-state index in [-0.39, 0.29) is 11.6 Å². The predicted molar refractivity (Wildman–Crippen MR) is 80.3 cm³/mol. The van der Waals surface area contributed by atoms with E-state index < -0.39 is 0 Å². The molecule has 1 aliphatic heterocycles. The molecule has 0 radical (unpaired) electrons. The average Bonchev–Trinajstić information content (AvgIpc) is 3.15. The van der Waals surface area contributed by atoms with E-state index in [0.29, 0.717) is 5.02 Å². The van der Waals surface area contributed by atoms with Crippen molar-refractivity contribution < 1.29 is 0 Å². The van der Waals surface area contributed by atoms with Crippen LogP contribution in [0, 0.1) is 0 Å². The zero-order valence-corrected chi connectivity index (χ0v) is 12.9. The van der Waals surface area contributed by atoms with E-state index in [9.17, 15) is 0 Å². The molecule has 1 saturated heterocycles. The van der Waals surface area contributed by atoms with E-state index >= 15 is 0 Å². The first-order chi connectivity index (χ1) is 9.69. The maximum absolute atomic E-state index is 6.37. The average molecular weight is 298 g/mol. The number of hydrogen-bond acceptors (Lipinski definition) is 4. The van der Waals surface area contributed by atoms with Gasteiger partial charge >= 0.3 is 0 Å². The van der Waals surface area contributed by atoms with Crippen molar-refractivity contribution in [3.63, 3.8) is 0 Å². The Labute approximate surface area is 125 Å². The van der Waals surface area contributed by atoms with Crippen LogP contribution in [-0.2, 0) is 7.05 Å². The molecule has 1 unspecified atom stereocenters. The first-order valence-electron chi connectivity index (χ1n) is 7.57. The molecule has 1 saturated carbocycles. The monoisotopic (exact) mass is 297 g/mol. The fourth-order valence-electron chi connectivity index (χ4n) is 4.17. The largest absolute Gasteiger partial charge is 0.296 e. The van der Waals surface area contributed by atoms with Gasteiger partial charge in [-0.15, -0.1) is 0 Å². The van der Waals surface area contributed by atoms with Crippen LogP contribution in [0.5, 0.6) is 0 Å². The van der Waals surface area contributed by atoms with Crippen LogP contribution in [0.25, 0.3) is 0 Å². The summed E-state index contributed by atoms with van der Waals surface area (Å²) < 4.78 is 1.86. The molecule has 0 amide bonds. The number of halogens is 1. The van der Waals surface area contributed by atoms with E-state index in [1.54, 1.807) is 6.20 Å². The number of aryl methyl sites for hydroxylation is 1. The van der Waals surface area contributed by atoms with Gasteiger partial charge in [-0.2, -0.15) is 5.10 Å². The summed E-state index contributed by atoms with van der Waals surface area (Å²) in [4.78, 5) is 2.63. The molecule has 2 aliphatic rings. The Bertz CT molecular complexity index is 441. The molecule has 0 spiro atoms. The number of hydrogen-bond donors (Lipinski definition) is 2. The van der Waals surface area contributed by atoms with Gasteiger partial charge in [-0.3, -0.25) is 15.4 Å². The van der Waals surface area contributed by atoms with E-state index in [2.05, 4.69) is 15.4 Å². The Morgan fingerprint density at radius 2 is 1.95 bits per heavy atom. The summed E-state index contributed by atoms with van der Waals surface area (Å²) in [5, 5.41) is 4.99. The van der Waals surface area contributed by atoms with Gasteiger partial charge < -0.3 is 0 Å². The second-order valence-corrected chi connectivity index (χ2v) is 6.51. The van der Waals surface area contributed by atoms with Crippen LogP contribution in [0.15, 0.2) is 6.20 Å². The third-order valence-corrected chi connectivity index (χ3v) is 5.41. The van der Waals surface area contributed by atoms with Gasteiger partial charge in [0.05, 0.1) is 23.0 Å². The van der Waals surface area contributed by atoms with Gasteiger partial charge in [-0.25, -0.2) is 5.43 Å². The molecule has 20 heavy (non-hydrogen) atoms. The highest BCUT2D eigenvalue weighted by atomic mass is 35.5. The zero-order valence-electron chi connectivity index (χ0n) is 12.1. The highest BCUT2D eigenvalue weighted by Crippen LogP contribution is 2.46. The van der Waals surface area contributed by atoms with Gasteiger partial charge in [-0.1, -0.05) is 24.4 Å². The van der Waals surface area contributed by atoms with Crippen molar-refractivity contribution in [1.29, 1.82) is 0 Å². The van der Waals surface area contributed by atoms with E-state index in [1.165, 1.54) is 51.6 Å². The fraction of sp³-hybridized carbons (Fsp3) is 0.786. The van der Waals surface area contributed by atoms with Crippen LogP contribution in [0.3, 0.4) is 0 Å². The Morgan fingerprint density at radius 3 is 2.45 bits per heavy atom. The SMILES string of the molecule is Cn1ncc(Cl)c1C(NN)C1(N2CCCC2)CCCC1. The minimum atomic E-state index is 0.0445. The van der Waals surface area contributed by atoms with Gasteiger partial charge in [0.15, 0.2) is 0 Å². The molecular formula is C14H24ClN5. The maximum atomic E-state index is 6.37. The number of aromatic nitrogens is 2. The summed E-state index contributed by atoms with van der Waals surface area (Å²) in [7, 11) is 1.94. The lowest BCUT2D eigenvalue weighted by molar-refractivity contribution is 0.0732. The topological polar surface area (TPSA) is 59.1 Å². The summed E-state index contributed by atoms with van der Waals surface area (Å²) >= 11 is 6.37. The molecule has 1 atom stereocenters. The second kappa shape index (κ2) is 5.64. The lowest BCUT2D eigenvalue weighted by Gasteiger charge is -2.44.